The predicted octanol–water partition coefficient (Wildman–Crippen LogP) is 3.70. The molecule has 0 fully saturated rings. The van der Waals surface area contributed by atoms with Gasteiger partial charge >= 0.3 is 5.97 Å². The monoisotopic (exact) mass is 384 g/mol. The molecule has 104 valence electrons. The van der Waals surface area contributed by atoms with Crippen LogP contribution in [0.3, 0.4) is 0 Å². The Morgan fingerprint density at radius 1 is 1.30 bits per heavy atom. The van der Waals surface area contributed by atoms with Gasteiger partial charge in [-0.2, -0.15) is 0 Å². The van der Waals surface area contributed by atoms with E-state index < -0.39 is 5.97 Å². The number of benzene rings is 1. The molecule has 0 aliphatic heterocycles. The predicted molar refractivity (Wildman–Crippen MR) is 82.3 cm³/mol. The first kappa shape index (κ1) is 14.7. The number of hydrogen-bond donors (Lipinski definition) is 1. The fraction of sp³-hybridized carbons (Fsp3) is 0.214. The second kappa shape index (κ2) is 6.17. The molecule has 1 aromatic carbocycles. The number of aromatic nitrogens is 2. The Morgan fingerprint density at radius 2 is 2.00 bits per heavy atom. The molecule has 0 amide bonds. The number of carboxylic acid groups (broad SMARTS) is 1. The summed E-state index contributed by atoms with van der Waals surface area (Å²) in [4.78, 5) is 19.5. The molecule has 1 N–H and O–H groups in total. The van der Waals surface area contributed by atoms with Crippen LogP contribution in [0.25, 0.3) is 0 Å². The Hall–Kier alpha value is -1.70. The summed E-state index contributed by atoms with van der Waals surface area (Å²) in [5, 5.41) is 9.25. The van der Waals surface area contributed by atoms with E-state index in [2.05, 4.69) is 32.6 Å². The Bertz CT molecular complexity index is 644. The Morgan fingerprint density at radius 3 is 2.60 bits per heavy atom. The van der Waals surface area contributed by atoms with E-state index in [4.69, 9.17) is 4.74 Å². The summed E-state index contributed by atoms with van der Waals surface area (Å²) in [6.45, 7) is 3.81. The van der Waals surface area contributed by atoms with E-state index in [1.54, 1.807) is 6.07 Å². The quantitative estimate of drug-likeness (QED) is 0.814. The first-order chi connectivity index (χ1) is 9.49. The molecule has 0 spiro atoms. The van der Waals surface area contributed by atoms with E-state index >= 15 is 0 Å². The Kier molecular flexibility index (Phi) is 4.53. The molecule has 0 atom stereocenters. The highest BCUT2D eigenvalue weighted by atomic mass is 127. The second-order valence-electron chi connectivity index (χ2n) is 4.43. The van der Waals surface area contributed by atoms with E-state index in [1.807, 2.05) is 32.0 Å². The molecule has 0 aliphatic rings. The zero-order chi connectivity index (χ0) is 14.7. The van der Waals surface area contributed by atoms with E-state index in [-0.39, 0.29) is 17.4 Å². The van der Waals surface area contributed by atoms with Crippen molar-refractivity contribution < 1.29 is 14.6 Å². The van der Waals surface area contributed by atoms with Gasteiger partial charge in [0.1, 0.15) is 11.6 Å². The lowest BCUT2D eigenvalue weighted by Crippen LogP contribution is -2.08. The molecular formula is C14H13IN2O3. The van der Waals surface area contributed by atoms with Crippen molar-refractivity contribution in [2.24, 2.45) is 0 Å². The van der Waals surface area contributed by atoms with Crippen LogP contribution in [0, 0.1) is 3.57 Å². The van der Waals surface area contributed by atoms with Crippen molar-refractivity contribution in [2.75, 3.05) is 0 Å². The van der Waals surface area contributed by atoms with Gasteiger partial charge in [0, 0.05) is 5.92 Å². The first-order valence-corrected chi connectivity index (χ1v) is 7.09. The Balaban J connectivity index is 2.41. The number of halogens is 1. The molecule has 6 heteroatoms. The number of para-hydroxylation sites is 1. The van der Waals surface area contributed by atoms with Crippen molar-refractivity contribution in [3.05, 3.63) is 45.6 Å². The third-order valence-electron chi connectivity index (χ3n) is 2.55. The highest BCUT2D eigenvalue weighted by Gasteiger charge is 2.18. The SMILES string of the molecule is CC(C)c1ncc(Oc2ccccc2I)c(C(=O)O)n1. The van der Waals surface area contributed by atoms with Gasteiger partial charge in [0.15, 0.2) is 11.4 Å². The minimum Gasteiger partial charge on any atom is -0.476 e. The average molecular weight is 384 g/mol. The van der Waals surface area contributed by atoms with Crippen LogP contribution in [0.1, 0.15) is 36.1 Å². The topological polar surface area (TPSA) is 72.3 Å². The average Bonchev–Trinajstić information content (AvgIpc) is 2.41. The van der Waals surface area contributed by atoms with Crippen LogP contribution in [0.15, 0.2) is 30.5 Å². The summed E-state index contributed by atoms with van der Waals surface area (Å²) in [5.41, 5.74) is -0.122. The second-order valence-corrected chi connectivity index (χ2v) is 5.60. The molecule has 2 rings (SSSR count). The van der Waals surface area contributed by atoms with Crippen LogP contribution in [0.5, 0.6) is 11.5 Å². The molecular weight excluding hydrogens is 371 g/mol. The van der Waals surface area contributed by atoms with Gasteiger partial charge in [0.25, 0.3) is 0 Å². The highest BCUT2D eigenvalue weighted by molar-refractivity contribution is 14.1. The molecule has 0 aliphatic carbocycles. The zero-order valence-corrected chi connectivity index (χ0v) is 13.2. The maximum Gasteiger partial charge on any atom is 0.358 e. The molecule has 20 heavy (non-hydrogen) atoms. The minimum absolute atomic E-state index is 0.0546. The van der Waals surface area contributed by atoms with Crippen LogP contribution in [-0.2, 0) is 0 Å². The lowest BCUT2D eigenvalue weighted by molar-refractivity contribution is 0.0686. The molecule has 0 bridgehead atoms. The fourth-order valence-electron chi connectivity index (χ4n) is 1.54. The minimum atomic E-state index is -1.13. The molecule has 1 heterocycles. The maximum atomic E-state index is 11.3. The smallest absolute Gasteiger partial charge is 0.358 e. The summed E-state index contributed by atoms with van der Waals surface area (Å²) in [6, 6.07) is 7.34. The van der Waals surface area contributed by atoms with Crippen molar-refractivity contribution in [3.63, 3.8) is 0 Å². The summed E-state index contributed by atoms with van der Waals surface area (Å²) in [7, 11) is 0. The summed E-state index contributed by atoms with van der Waals surface area (Å²) >= 11 is 2.12. The number of aromatic carboxylic acids is 1. The number of rotatable bonds is 4. The van der Waals surface area contributed by atoms with Gasteiger partial charge in [-0.3, -0.25) is 0 Å². The Labute approximate surface area is 130 Å². The normalized spacial score (nSPS) is 10.6. The van der Waals surface area contributed by atoms with Gasteiger partial charge in [-0.1, -0.05) is 26.0 Å². The van der Waals surface area contributed by atoms with Gasteiger partial charge < -0.3 is 9.84 Å². The van der Waals surface area contributed by atoms with Crippen LogP contribution in [0.2, 0.25) is 0 Å². The maximum absolute atomic E-state index is 11.3. The number of ether oxygens (including phenoxy) is 1. The largest absolute Gasteiger partial charge is 0.476 e. The highest BCUT2D eigenvalue weighted by Crippen LogP contribution is 2.28. The van der Waals surface area contributed by atoms with Gasteiger partial charge in [0.2, 0.25) is 0 Å². The third kappa shape index (κ3) is 3.24. The third-order valence-corrected chi connectivity index (χ3v) is 3.44. The molecule has 0 unspecified atom stereocenters. The molecule has 0 saturated carbocycles. The van der Waals surface area contributed by atoms with Crippen molar-refractivity contribution in [2.45, 2.75) is 19.8 Å². The lowest BCUT2D eigenvalue weighted by atomic mass is 10.2. The van der Waals surface area contributed by atoms with Crippen molar-refractivity contribution in [1.29, 1.82) is 0 Å². The van der Waals surface area contributed by atoms with E-state index in [1.165, 1.54) is 6.20 Å². The summed E-state index contributed by atoms with van der Waals surface area (Å²) in [5.74, 6) is 0.134. The van der Waals surface area contributed by atoms with E-state index in [0.717, 1.165) is 3.57 Å². The number of carbonyl (C=O) groups is 1. The first-order valence-electron chi connectivity index (χ1n) is 6.01. The molecule has 0 radical (unpaired) electrons. The molecule has 5 nitrogen and oxygen atoms in total. The summed E-state index contributed by atoms with van der Waals surface area (Å²) < 4.78 is 6.51. The van der Waals surface area contributed by atoms with E-state index in [0.29, 0.717) is 11.6 Å². The van der Waals surface area contributed by atoms with Gasteiger partial charge in [-0.05, 0) is 34.7 Å². The van der Waals surface area contributed by atoms with Gasteiger partial charge in [-0.15, -0.1) is 0 Å². The number of hydrogen-bond acceptors (Lipinski definition) is 4. The molecule has 0 saturated heterocycles. The van der Waals surface area contributed by atoms with E-state index in [9.17, 15) is 9.90 Å². The summed E-state index contributed by atoms with van der Waals surface area (Å²) in [6.07, 6.45) is 1.41. The van der Waals surface area contributed by atoms with Crippen LogP contribution in [0.4, 0.5) is 0 Å². The van der Waals surface area contributed by atoms with Gasteiger partial charge in [-0.25, -0.2) is 14.8 Å². The van der Waals surface area contributed by atoms with Crippen LogP contribution < -0.4 is 4.74 Å². The number of carboxylic acids is 1. The van der Waals surface area contributed by atoms with Gasteiger partial charge in [0.05, 0.1) is 9.77 Å². The zero-order valence-electron chi connectivity index (χ0n) is 11.0. The van der Waals surface area contributed by atoms with Crippen LogP contribution >= 0.6 is 22.6 Å². The standard InChI is InChI=1S/C14H13IN2O3/c1-8(2)13-16-7-11(12(17-13)14(18)19)20-10-6-4-3-5-9(10)15/h3-8H,1-2H3,(H,18,19). The number of nitrogens with zero attached hydrogens (tertiary/aromatic N) is 2. The van der Waals surface area contributed by atoms with Crippen molar-refractivity contribution in [1.82, 2.24) is 9.97 Å². The van der Waals surface area contributed by atoms with Crippen LogP contribution in [-0.4, -0.2) is 21.0 Å². The lowest BCUT2D eigenvalue weighted by Gasteiger charge is -2.11. The molecule has 2 aromatic rings. The van der Waals surface area contributed by atoms with Crippen molar-refractivity contribution >= 4 is 28.6 Å². The van der Waals surface area contributed by atoms with Crippen molar-refractivity contribution in [3.8, 4) is 11.5 Å². The molecule has 1 aromatic heterocycles. The fourth-order valence-corrected chi connectivity index (χ4v) is 2.03.